The van der Waals surface area contributed by atoms with E-state index in [1.54, 1.807) is 38.4 Å². The Kier molecular flexibility index (Phi) is 35.5. The molecule has 12 rings (SSSR count). The Balaban J connectivity index is 0.000000219. The van der Waals surface area contributed by atoms with Crippen LogP contribution in [-0.4, -0.2) is 218 Å². The number of ether oxygens (including phenoxy) is 1. The fraction of sp³-hybridized carbons (Fsp3) is 0.329. The lowest BCUT2D eigenvalue weighted by atomic mass is 9.89. The lowest BCUT2D eigenvalue weighted by Gasteiger charge is -2.31. The van der Waals surface area contributed by atoms with Crippen LogP contribution in [0.4, 0.5) is 0 Å². The quantitative estimate of drug-likeness (QED) is 0.0329. The molecule has 0 atom stereocenters. The molecule has 0 saturated carbocycles. The molecule has 0 bridgehead atoms. The fourth-order valence-electron chi connectivity index (χ4n) is 11.8. The van der Waals surface area contributed by atoms with Crippen LogP contribution in [0.1, 0.15) is 102 Å². The fourth-order valence-corrected chi connectivity index (χ4v) is 13.0. The molecule has 572 valence electrons. The van der Waals surface area contributed by atoms with Crippen LogP contribution in [0, 0.1) is 0 Å². The number of aliphatic hydroxyl groups excluding tert-OH is 1. The van der Waals surface area contributed by atoms with Crippen molar-refractivity contribution in [2.24, 2.45) is 0 Å². The largest absolute Gasteiger partial charge is 0.478 e. The van der Waals surface area contributed by atoms with Crippen molar-refractivity contribution in [1.82, 2.24) is 74.6 Å². The minimum Gasteiger partial charge on any atom is -0.478 e. The Bertz CT molecular complexity index is 4420. The van der Waals surface area contributed by atoms with Gasteiger partial charge < -0.3 is 35.0 Å². The first-order valence-corrected chi connectivity index (χ1v) is 36.9. The molecule has 3 aliphatic heterocycles. The Hall–Kier alpha value is -10.2. The lowest BCUT2D eigenvalue weighted by Crippen LogP contribution is -2.37. The number of H-pyrrole nitrogens is 3. The zero-order chi connectivity index (χ0) is 77.4. The molecule has 6 aromatic heterocycles. The topological polar surface area (TPSA) is 400 Å². The van der Waals surface area contributed by atoms with Crippen LogP contribution in [-0.2, 0) is 43.5 Å². The number of piperidine rings is 3. The Morgan fingerprint density at radius 2 is 0.759 bits per heavy atom. The summed E-state index contributed by atoms with van der Waals surface area (Å²) in [4.78, 5) is 89.3. The van der Waals surface area contributed by atoms with Crippen molar-refractivity contribution >= 4 is 80.1 Å². The predicted octanol–water partition coefficient (Wildman–Crippen LogP) is 12.0. The van der Waals surface area contributed by atoms with Gasteiger partial charge in [0, 0.05) is 153 Å². The van der Waals surface area contributed by atoms with Crippen molar-refractivity contribution < 1.29 is 62.3 Å². The van der Waals surface area contributed by atoms with Gasteiger partial charge in [-0.05, 0) is 158 Å². The van der Waals surface area contributed by atoms with Crippen LogP contribution in [0.3, 0.4) is 0 Å². The number of allylic oxidation sites excluding steroid dienone is 3. The summed E-state index contributed by atoms with van der Waals surface area (Å²) in [5.74, 6) is -3.07. The van der Waals surface area contributed by atoms with Crippen LogP contribution in [0.25, 0.3) is 67.5 Å². The summed E-state index contributed by atoms with van der Waals surface area (Å²) in [6.45, 7) is 11.7. The number of β-amino-alcohol motifs (C(OH)–C–C–N with tert-alkyl or cyclic N) is 1. The summed E-state index contributed by atoms with van der Waals surface area (Å²) in [7, 11) is -1.41. The zero-order valence-electron chi connectivity index (χ0n) is 59.5. The standard InChI is InChI=1S/C21H24ClN5O.C20H22ClN5O.C19H20ClN5O2S.3C5H6O3.CH4/c1-28-13-12-27-10-7-16(8-11-27)21-19(18-6-9-23-14-24-18)20(25-26-21)15-2-4-17(22)5-3-15;21-16-3-1-14(2-4-16)19-18(17-5-8-22-13-23-17)20(25-24-19)15-6-9-26(10-7-15)11-12-27;1-28(26,27)25-10-7-14(8-11-25)19-17(16-6-9-21-12-22-16)18(23-24-19)13-2-4-15(20)5-3-13;3*1-4(6)2-3-5(7)8;/h2-6,9,14,16H,7-8,10-13H2,1H3,(H,25,26);1-5,8,13,15,27H,6-7,9-12H2,(H,24,25);2-6,9,12,14H,7-8,10-11H2,1H3,(H,23,24);3*2-3H,1H3,(H,7,8);1H4/b;;;3*3-2+;. The number of nitrogens with zero attached hydrogens (tertiary/aromatic N) is 12. The number of nitrogens with one attached hydrogen (secondary N) is 3. The molecule has 9 aromatic rings. The number of aromatic nitrogens is 12. The number of rotatable bonds is 21. The molecule has 32 heteroatoms. The third-order valence-electron chi connectivity index (χ3n) is 17.0. The van der Waals surface area contributed by atoms with E-state index in [-0.39, 0.29) is 37.3 Å². The number of benzene rings is 3. The molecule has 7 N–H and O–H groups in total. The van der Waals surface area contributed by atoms with Crippen molar-refractivity contribution in [3.05, 3.63) is 197 Å². The van der Waals surface area contributed by atoms with Crippen molar-refractivity contribution in [2.75, 3.05) is 78.9 Å². The highest BCUT2D eigenvalue weighted by molar-refractivity contribution is 7.88. The molecule has 0 spiro atoms. The molecule has 3 saturated heterocycles. The number of sulfonamides is 1. The first-order valence-electron chi connectivity index (χ1n) is 33.9. The van der Waals surface area contributed by atoms with E-state index in [1.165, 1.54) is 37.7 Å². The molecule has 0 radical (unpaired) electrons. The predicted molar refractivity (Wildman–Crippen MR) is 413 cm³/mol. The zero-order valence-corrected chi connectivity index (χ0v) is 62.6. The van der Waals surface area contributed by atoms with E-state index in [1.807, 2.05) is 91.0 Å². The van der Waals surface area contributed by atoms with Gasteiger partial charge in [-0.1, -0.05) is 78.6 Å². The molecule has 0 unspecified atom stereocenters. The first-order chi connectivity index (χ1) is 51.3. The molecule has 3 aliphatic rings. The van der Waals surface area contributed by atoms with Gasteiger partial charge in [0.15, 0.2) is 17.3 Å². The molecular formula is C76H88Cl3N15O13S. The summed E-state index contributed by atoms with van der Waals surface area (Å²) in [6, 6.07) is 28.8. The average Bonchev–Trinajstić information content (AvgIpc) is 1.63. The van der Waals surface area contributed by atoms with Gasteiger partial charge in [0.05, 0.1) is 36.6 Å². The van der Waals surface area contributed by atoms with Crippen molar-refractivity contribution in [1.29, 1.82) is 0 Å². The van der Waals surface area contributed by atoms with Crippen LogP contribution in [0.2, 0.25) is 15.1 Å². The Labute approximate surface area is 641 Å². The normalized spacial score (nSPS) is 14.5. The molecule has 28 nitrogen and oxygen atoms in total. The molecule has 3 fully saturated rings. The van der Waals surface area contributed by atoms with E-state index in [0.29, 0.717) is 40.0 Å². The summed E-state index contributed by atoms with van der Waals surface area (Å²) in [5.41, 5.74) is 14.4. The Morgan fingerprint density at radius 3 is 0.991 bits per heavy atom. The minimum atomic E-state index is -3.16. The number of ketones is 3. The molecule has 0 amide bonds. The van der Waals surface area contributed by atoms with Crippen molar-refractivity contribution in [2.45, 2.75) is 84.5 Å². The van der Waals surface area contributed by atoms with E-state index in [9.17, 15) is 37.2 Å². The third kappa shape index (κ3) is 27.5. The number of hydrogen-bond acceptors (Lipinski definition) is 21. The number of methoxy groups -OCH3 is 1. The number of carboxylic acids is 3. The minimum absolute atomic E-state index is 0. The number of aliphatic hydroxyl groups is 1. The molecule has 3 aromatic carbocycles. The second-order valence-corrected chi connectivity index (χ2v) is 27.9. The van der Waals surface area contributed by atoms with Gasteiger partial charge in [0.25, 0.3) is 0 Å². The molecule has 9 heterocycles. The van der Waals surface area contributed by atoms with Gasteiger partial charge in [-0.15, -0.1) is 0 Å². The van der Waals surface area contributed by atoms with Crippen LogP contribution in [0.15, 0.2) is 165 Å². The number of carboxylic acid groups (broad SMARTS) is 3. The van der Waals surface area contributed by atoms with Crippen LogP contribution < -0.4 is 0 Å². The number of aliphatic carboxylic acids is 3. The summed E-state index contributed by atoms with van der Waals surface area (Å²) < 4.78 is 30.4. The maximum atomic E-state index is 11.8. The van der Waals surface area contributed by atoms with Gasteiger partial charge in [-0.2, -0.15) is 15.3 Å². The van der Waals surface area contributed by atoms with Crippen molar-refractivity contribution in [3.63, 3.8) is 0 Å². The number of hydrogen-bond donors (Lipinski definition) is 7. The molecule has 108 heavy (non-hydrogen) atoms. The molecular weight excluding hydrogens is 1470 g/mol. The smallest absolute Gasteiger partial charge is 0.328 e. The SMILES string of the molecule is C.CC(=O)/C=C/C(=O)O.CC(=O)/C=C/C(=O)O.CC(=O)/C=C/C(=O)O.COCCN1CCC(c2[nH]nc(-c3ccc(Cl)cc3)c2-c2ccncn2)CC1.CS(=O)(=O)N1CCC(c2[nH]nc(-c3ccc(Cl)cc3)c2-c2ccncn2)CC1.OCCN1CCC(c2[nH]nc(-c3ccc(Cl)cc3)c2-c2ccncn2)CC1. The monoisotopic (exact) mass is 1560 g/mol. The summed E-state index contributed by atoms with van der Waals surface area (Å²) in [6.07, 6.45) is 22.3. The third-order valence-corrected chi connectivity index (χ3v) is 19.0. The number of aromatic amines is 3. The van der Waals surface area contributed by atoms with E-state index in [2.05, 4.69) is 70.3 Å². The van der Waals surface area contributed by atoms with E-state index >= 15 is 0 Å². The number of carbonyl (C=O) groups excluding carboxylic acids is 3. The number of carbonyl (C=O) groups is 6. The Morgan fingerprint density at radius 1 is 0.472 bits per heavy atom. The first kappa shape index (κ1) is 86.7. The maximum absolute atomic E-state index is 11.8. The van der Waals surface area contributed by atoms with E-state index < -0.39 is 27.9 Å². The summed E-state index contributed by atoms with van der Waals surface area (Å²) >= 11 is 18.2. The van der Waals surface area contributed by atoms with E-state index in [4.69, 9.17) is 60.0 Å². The number of likely N-dealkylation sites (tertiary alicyclic amines) is 2. The highest BCUT2D eigenvalue weighted by Crippen LogP contribution is 2.43. The second-order valence-electron chi connectivity index (χ2n) is 24.6. The average molecular weight is 1560 g/mol. The van der Waals surface area contributed by atoms with Gasteiger partial charge >= 0.3 is 17.9 Å². The highest BCUT2D eigenvalue weighted by Gasteiger charge is 2.32. The highest BCUT2D eigenvalue weighted by atomic mass is 35.5. The van der Waals surface area contributed by atoms with E-state index in [0.717, 1.165) is 205 Å². The second kappa shape index (κ2) is 44.2. The van der Waals surface area contributed by atoms with Crippen LogP contribution in [0.5, 0.6) is 0 Å². The number of halogens is 3. The van der Waals surface area contributed by atoms with Gasteiger partial charge in [-0.3, -0.25) is 29.7 Å². The molecule has 0 aliphatic carbocycles. The van der Waals surface area contributed by atoms with Crippen LogP contribution >= 0.6 is 34.8 Å². The lowest BCUT2D eigenvalue weighted by molar-refractivity contribution is -0.132. The van der Waals surface area contributed by atoms with Gasteiger partial charge in [-0.25, -0.2) is 57.0 Å². The maximum Gasteiger partial charge on any atom is 0.328 e. The van der Waals surface area contributed by atoms with Crippen molar-refractivity contribution in [3.8, 4) is 67.5 Å². The van der Waals surface area contributed by atoms with Gasteiger partial charge in [0.1, 0.15) is 36.1 Å². The van der Waals surface area contributed by atoms with Gasteiger partial charge in [0.2, 0.25) is 10.0 Å². The summed E-state index contributed by atoms with van der Waals surface area (Å²) in [5, 5.41) is 58.7.